The fraction of sp³-hybridized carbons (Fsp3) is 0.133. The van der Waals surface area contributed by atoms with E-state index in [-0.39, 0.29) is 0 Å². The van der Waals surface area contributed by atoms with Crippen LogP contribution in [0.1, 0.15) is 11.3 Å². The third-order valence-corrected chi connectivity index (χ3v) is 4.11. The Kier molecular flexibility index (Phi) is 2.71. The van der Waals surface area contributed by atoms with Crippen LogP contribution in [0.5, 0.6) is 0 Å². The fourth-order valence-corrected chi connectivity index (χ4v) is 2.53. The molecule has 0 radical (unpaired) electrons. The molecule has 3 rings (SSSR count). The lowest BCUT2D eigenvalue weighted by molar-refractivity contribution is 1.05. The highest BCUT2D eigenvalue weighted by Gasteiger charge is 2.09. The smallest absolute Gasteiger partial charge is 0.107 e. The number of benzene rings is 2. The summed E-state index contributed by atoms with van der Waals surface area (Å²) in [5, 5.41) is 9.84. The van der Waals surface area contributed by atoms with E-state index >= 15 is 0 Å². The van der Waals surface area contributed by atoms with E-state index in [1.807, 2.05) is 6.92 Å². The molecule has 0 spiro atoms. The second kappa shape index (κ2) is 4.25. The Labute approximate surface area is 114 Å². The molecule has 0 atom stereocenters. The Morgan fingerprint density at radius 2 is 1.72 bits per heavy atom. The van der Waals surface area contributed by atoms with Crippen LogP contribution < -0.4 is 0 Å². The molecule has 3 aromatic rings. The van der Waals surface area contributed by atoms with Gasteiger partial charge in [0.25, 0.3) is 0 Å². The van der Waals surface area contributed by atoms with Gasteiger partial charge in [-0.25, -0.2) is 0 Å². The number of halogens is 1. The second-order valence-corrected chi connectivity index (χ2v) is 5.37. The van der Waals surface area contributed by atoms with Crippen molar-refractivity contribution in [3.8, 4) is 11.3 Å². The molecule has 0 aliphatic carbocycles. The molecular weight excluding hydrogens is 288 g/mol. The number of nitrogens with one attached hydrogen (secondary N) is 1. The molecule has 3 heteroatoms. The number of H-pyrrole nitrogens is 1. The average molecular weight is 301 g/mol. The van der Waals surface area contributed by atoms with E-state index in [1.54, 1.807) is 0 Å². The molecule has 1 aromatic heterocycles. The highest BCUT2D eigenvalue weighted by molar-refractivity contribution is 9.10. The Morgan fingerprint density at radius 1 is 1.00 bits per heavy atom. The van der Waals surface area contributed by atoms with Gasteiger partial charge in [0, 0.05) is 11.3 Å². The van der Waals surface area contributed by atoms with Crippen LogP contribution in [0.2, 0.25) is 0 Å². The highest BCUT2D eigenvalue weighted by atomic mass is 79.9. The maximum absolute atomic E-state index is 4.34. The normalized spacial score (nSPS) is 11.1. The van der Waals surface area contributed by atoms with Gasteiger partial charge in [-0.2, -0.15) is 5.10 Å². The first-order chi connectivity index (χ1) is 8.65. The lowest BCUT2D eigenvalue weighted by atomic mass is 10.0. The predicted octanol–water partition coefficient (Wildman–Crippen LogP) is 4.61. The van der Waals surface area contributed by atoms with Crippen LogP contribution >= 0.6 is 15.9 Å². The molecule has 2 nitrogen and oxygen atoms in total. The van der Waals surface area contributed by atoms with E-state index in [0.717, 1.165) is 21.4 Å². The van der Waals surface area contributed by atoms with Gasteiger partial charge < -0.3 is 0 Å². The number of aryl methyl sites for hydroxylation is 2. The van der Waals surface area contributed by atoms with Crippen molar-refractivity contribution in [3.63, 3.8) is 0 Å². The molecule has 0 fully saturated rings. The van der Waals surface area contributed by atoms with Gasteiger partial charge in [-0.1, -0.05) is 35.9 Å². The van der Waals surface area contributed by atoms with Crippen LogP contribution in [-0.4, -0.2) is 10.2 Å². The van der Waals surface area contributed by atoms with Crippen LogP contribution in [0, 0.1) is 13.8 Å². The SMILES string of the molecule is Cc1ccc2cc(-c3n[nH]c(C)c3Br)ccc2c1. The van der Waals surface area contributed by atoms with Crippen molar-refractivity contribution in [3.05, 3.63) is 52.1 Å². The van der Waals surface area contributed by atoms with Crippen LogP contribution in [-0.2, 0) is 0 Å². The monoisotopic (exact) mass is 300 g/mol. The van der Waals surface area contributed by atoms with Gasteiger partial charge in [-0.3, -0.25) is 5.10 Å². The van der Waals surface area contributed by atoms with Crippen LogP contribution in [0.3, 0.4) is 0 Å². The maximum Gasteiger partial charge on any atom is 0.107 e. The third-order valence-electron chi connectivity index (χ3n) is 3.14. The summed E-state index contributed by atoms with van der Waals surface area (Å²) in [6, 6.07) is 12.9. The van der Waals surface area contributed by atoms with Crippen molar-refractivity contribution < 1.29 is 0 Å². The van der Waals surface area contributed by atoms with Crippen molar-refractivity contribution in [2.45, 2.75) is 13.8 Å². The number of fused-ring (bicyclic) bond motifs is 1. The number of aromatic nitrogens is 2. The molecule has 18 heavy (non-hydrogen) atoms. The first-order valence-electron chi connectivity index (χ1n) is 5.86. The summed E-state index contributed by atoms with van der Waals surface area (Å²) in [5.74, 6) is 0. The molecule has 0 aliphatic heterocycles. The fourth-order valence-electron chi connectivity index (χ4n) is 2.12. The summed E-state index contributed by atoms with van der Waals surface area (Å²) in [4.78, 5) is 0. The standard InChI is InChI=1S/C15H13BrN2/c1-9-3-4-12-8-13(6-5-11(12)7-9)15-14(16)10(2)17-18-15/h3-8H,1-2H3,(H,17,18). The van der Waals surface area contributed by atoms with Crippen molar-refractivity contribution in [1.82, 2.24) is 10.2 Å². The van der Waals surface area contributed by atoms with Crippen LogP contribution in [0.25, 0.3) is 22.0 Å². The van der Waals surface area contributed by atoms with Crippen molar-refractivity contribution in [2.24, 2.45) is 0 Å². The van der Waals surface area contributed by atoms with E-state index in [2.05, 4.69) is 69.4 Å². The maximum atomic E-state index is 4.34. The largest absolute Gasteiger partial charge is 0.281 e. The molecule has 0 bridgehead atoms. The Morgan fingerprint density at radius 3 is 2.44 bits per heavy atom. The summed E-state index contributed by atoms with van der Waals surface area (Å²) in [6.07, 6.45) is 0. The first kappa shape index (κ1) is 11.5. The van der Waals surface area contributed by atoms with Crippen LogP contribution in [0.4, 0.5) is 0 Å². The summed E-state index contributed by atoms with van der Waals surface area (Å²) in [6.45, 7) is 4.12. The van der Waals surface area contributed by atoms with Crippen LogP contribution in [0.15, 0.2) is 40.9 Å². The van der Waals surface area contributed by atoms with Gasteiger partial charge in [-0.15, -0.1) is 0 Å². The van der Waals surface area contributed by atoms with Crippen molar-refractivity contribution in [2.75, 3.05) is 0 Å². The number of hydrogen-bond donors (Lipinski definition) is 1. The van der Waals surface area contributed by atoms with Gasteiger partial charge in [0.05, 0.1) is 4.47 Å². The van der Waals surface area contributed by atoms with E-state index in [9.17, 15) is 0 Å². The van der Waals surface area contributed by atoms with Gasteiger partial charge in [-0.05, 0) is 46.6 Å². The zero-order chi connectivity index (χ0) is 12.7. The first-order valence-corrected chi connectivity index (χ1v) is 6.66. The molecular formula is C15H13BrN2. The molecule has 0 unspecified atom stereocenters. The molecule has 2 aromatic carbocycles. The minimum Gasteiger partial charge on any atom is -0.281 e. The predicted molar refractivity (Wildman–Crippen MR) is 78.7 cm³/mol. The Hall–Kier alpha value is -1.61. The lowest BCUT2D eigenvalue weighted by Gasteiger charge is -2.03. The summed E-state index contributed by atoms with van der Waals surface area (Å²) in [7, 11) is 0. The Balaban J connectivity index is 2.19. The lowest BCUT2D eigenvalue weighted by Crippen LogP contribution is -1.81. The number of hydrogen-bond acceptors (Lipinski definition) is 1. The molecule has 0 aliphatic rings. The molecule has 1 heterocycles. The Bertz CT molecular complexity index is 728. The minimum atomic E-state index is 0.968. The molecule has 0 saturated carbocycles. The minimum absolute atomic E-state index is 0.968. The molecule has 90 valence electrons. The molecule has 0 saturated heterocycles. The molecule has 0 amide bonds. The van der Waals surface area contributed by atoms with E-state index in [0.29, 0.717) is 0 Å². The third kappa shape index (κ3) is 1.85. The molecule has 1 N–H and O–H groups in total. The van der Waals surface area contributed by atoms with E-state index in [4.69, 9.17) is 0 Å². The quantitative estimate of drug-likeness (QED) is 0.698. The van der Waals surface area contributed by atoms with E-state index < -0.39 is 0 Å². The second-order valence-electron chi connectivity index (χ2n) is 4.58. The van der Waals surface area contributed by atoms with Crippen molar-refractivity contribution in [1.29, 1.82) is 0 Å². The number of rotatable bonds is 1. The van der Waals surface area contributed by atoms with Crippen molar-refractivity contribution >= 4 is 26.7 Å². The van der Waals surface area contributed by atoms with Gasteiger partial charge in [0.15, 0.2) is 0 Å². The summed E-state index contributed by atoms with van der Waals surface area (Å²) >= 11 is 3.57. The topological polar surface area (TPSA) is 28.7 Å². The highest BCUT2D eigenvalue weighted by Crippen LogP contribution is 2.30. The van der Waals surface area contributed by atoms with Gasteiger partial charge >= 0.3 is 0 Å². The number of nitrogens with zero attached hydrogens (tertiary/aromatic N) is 1. The summed E-state index contributed by atoms with van der Waals surface area (Å²) < 4.78 is 1.04. The zero-order valence-electron chi connectivity index (χ0n) is 10.3. The van der Waals surface area contributed by atoms with Gasteiger partial charge in [0.1, 0.15) is 5.69 Å². The average Bonchev–Trinajstić information content (AvgIpc) is 2.69. The zero-order valence-corrected chi connectivity index (χ0v) is 11.9. The van der Waals surface area contributed by atoms with E-state index in [1.165, 1.54) is 16.3 Å². The number of aromatic amines is 1. The summed E-state index contributed by atoms with van der Waals surface area (Å²) in [5.41, 5.74) is 4.43. The van der Waals surface area contributed by atoms with Gasteiger partial charge in [0.2, 0.25) is 0 Å².